The summed E-state index contributed by atoms with van der Waals surface area (Å²) in [7, 11) is 0. The molecule has 1 heterocycles. The molecule has 5 heteroatoms. The summed E-state index contributed by atoms with van der Waals surface area (Å²) in [4.78, 5) is 0. The Labute approximate surface area is 172 Å². The third-order valence-electron chi connectivity index (χ3n) is 4.85. The number of aryl methyl sites for hydroxylation is 1. The molecular formula is C23H20BrFN2O. The predicted octanol–water partition coefficient (Wildman–Crippen LogP) is 5.58. The number of nitrogens with one attached hydrogen (secondary N) is 2. The summed E-state index contributed by atoms with van der Waals surface area (Å²) >= 11 is 3.48. The van der Waals surface area contributed by atoms with E-state index in [0.29, 0.717) is 0 Å². The molecule has 4 rings (SSSR count). The van der Waals surface area contributed by atoms with E-state index < -0.39 is 0 Å². The van der Waals surface area contributed by atoms with E-state index in [1.54, 1.807) is 18.2 Å². The maximum Gasteiger partial charge on any atom is 0.123 e. The van der Waals surface area contributed by atoms with Crippen LogP contribution in [0.5, 0.6) is 5.75 Å². The Morgan fingerprint density at radius 2 is 1.79 bits per heavy atom. The van der Waals surface area contributed by atoms with Gasteiger partial charge < -0.3 is 10.4 Å². The fourth-order valence-electron chi connectivity index (χ4n) is 3.37. The first-order chi connectivity index (χ1) is 13.5. The average Bonchev–Trinajstić information content (AvgIpc) is 2.70. The van der Waals surface area contributed by atoms with Crippen molar-refractivity contribution in [3.63, 3.8) is 0 Å². The first-order valence-corrected chi connectivity index (χ1v) is 9.84. The lowest BCUT2D eigenvalue weighted by Crippen LogP contribution is -2.39. The van der Waals surface area contributed by atoms with Crippen molar-refractivity contribution in [2.24, 2.45) is 0 Å². The van der Waals surface area contributed by atoms with Crippen molar-refractivity contribution >= 4 is 21.6 Å². The molecule has 2 unspecified atom stereocenters. The average molecular weight is 439 g/mol. The van der Waals surface area contributed by atoms with Crippen molar-refractivity contribution in [2.45, 2.75) is 19.1 Å². The van der Waals surface area contributed by atoms with Crippen LogP contribution in [0.3, 0.4) is 0 Å². The van der Waals surface area contributed by atoms with Crippen molar-refractivity contribution in [3.05, 3.63) is 105 Å². The van der Waals surface area contributed by atoms with Crippen LogP contribution in [-0.4, -0.2) is 5.11 Å². The summed E-state index contributed by atoms with van der Waals surface area (Å²) in [6, 6.07) is 19.9. The molecule has 3 nitrogen and oxygen atoms in total. The number of phenolic OH excluding ortho intramolecular Hbond substituents is 1. The standard InChI is InChI=1S/C23H20BrFN2O/c1-14-5-7-15(8-6-14)20-13-21(19-12-17(24)9-10-22(19)28)27-23(26-20)16-3-2-4-18(25)11-16/h2-13,21,23,26-28H,1H3. The molecule has 1 aliphatic rings. The van der Waals surface area contributed by atoms with Gasteiger partial charge >= 0.3 is 0 Å². The van der Waals surface area contributed by atoms with Gasteiger partial charge in [0.05, 0.1) is 6.04 Å². The van der Waals surface area contributed by atoms with Gasteiger partial charge in [-0.2, -0.15) is 0 Å². The van der Waals surface area contributed by atoms with E-state index in [1.165, 1.54) is 17.7 Å². The van der Waals surface area contributed by atoms with Gasteiger partial charge in [0.2, 0.25) is 0 Å². The molecule has 0 bridgehead atoms. The topological polar surface area (TPSA) is 44.3 Å². The van der Waals surface area contributed by atoms with Crippen LogP contribution in [0.15, 0.2) is 77.3 Å². The Morgan fingerprint density at radius 1 is 1.00 bits per heavy atom. The molecule has 0 aromatic heterocycles. The van der Waals surface area contributed by atoms with Crippen molar-refractivity contribution < 1.29 is 9.50 Å². The Bertz CT molecular complexity index is 1030. The van der Waals surface area contributed by atoms with Crippen molar-refractivity contribution in [1.29, 1.82) is 0 Å². The van der Waals surface area contributed by atoms with E-state index in [2.05, 4.69) is 50.8 Å². The summed E-state index contributed by atoms with van der Waals surface area (Å²) in [5.41, 5.74) is 4.69. The largest absolute Gasteiger partial charge is 0.508 e. The molecule has 3 aromatic carbocycles. The summed E-state index contributed by atoms with van der Waals surface area (Å²) in [6.45, 7) is 2.05. The van der Waals surface area contributed by atoms with Crippen LogP contribution in [-0.2, 0) is 0 Å². The predicted molar refractivity (Wildman–Crippen MR) is 113 cm³/mol. The summed E-state index contributed by atoms with van der Waals surface area (Å²) in [6.07, 6.45) is 1.74. The molecule has 0 fully saturated rings. The number of hydrogen-bond acceptors (Lipinski definition) is 3. The van der Waals surface area contributed by atoms with Crippen LogP contribution in [0.1, 0.15) is 34.5 Å². The van der Waals surface area contributed by atoms with Gasteiger partial charge in [-0.3, -0.25) is 5.32 Å². The van der Waals surface area contributed by atoms with E-state index in [-0.39, 0.29) is 23.8 Å². The quantitative estimate of drug-likeness (QED) is 0.500. The van der Waals surface area contributed by atoms with Crippen LogP contribution in [0.25, 0.3) is 5.70 Å². The zero-order valence-electron chi connectivity index (χ0n) is 15.3. The van der Waals surface area contributed by atoms with E-state index in [9.17, 15) is 9.50 Å². The van der Waals surface area contributed by atoms with Crippen molar-refractivity contribution in [2.75, 3.05) is 0 Å². The van der Waals surface area contributed by atoms with Crippen LogP contribution < -0.4 is 10.6 Å². The van der Waals surface area contributed by atoms with E-state index >= 15 is 0 Å². The summed E-state index contributed by atoms with van der Waals surface area (Å²) in [5, 5.41) is 17.3. The van der Waals surface area contributed by atoms with Gasteiger partial charge in [-0.05, 0) is 54.5 Å². The van der Waals surface area contributed by atoms with E-state index in [0.717, 1.165) is 26.9 Å². The van der Waals surface area contributed by atoms with Gasteiger partial charge in [0.15, 0.2) is 0 Å². The zero-order valence-corrected chi connectivity index (χ0v) is 16.9. The first kappa shape index (κ1) is 18.7. The third-order valence-corrected chi connectivity index (χ3v) is 5.34. The molecule has 1 aliphatic heterocycles. The highest BCUT2D eigenvalue weighted by atomic mass is 79.9. The SMILES string of the molecule is Cc1ccc(C2=CC(c3cc(Br)ccc3O)NC(c3cccc(F)c3)N2)cc1. The Morgan fingerprint density at radius 3 is 2.54 bits per heavy atom. The van der Waals surface area contributed by atoms with Crippen LogP contribution in [0.4, 0.5) is 4.39 Å². The highest BCUT2D eigenvalue weighted by Crippen LogP contribution is 2.34. The lowest BCUT2D eigenvalue weighted by atomic mass is 9.97. The number of halogens is 2. The van der Waals surface area contributed by atoms with Gasteiger partial charge in [-0.15, -0.1) is 0 Å². The van der Waals surface area contributed by atoms with Crippen LogP contribution >= 0.6 is 15.9 Å². The summed E-state index contributed by atoms with van der Waals surface area (Å²) < 4.78 is 14.7. The minimum absolute atomic E-state index is 0.208. The molecule has 3 aromatic rings. The van der Waals surface area contributed by atoms with Gasteiger partial charge in [0.1, 0.15) is 17.7 Å². The normalized spacial score (nSPS) is 19.0. The third kappa shape index (κ3) is 3.96. The van der Waals surface area contributed by atoms with E-state index in [1.807, 2.05) is 25.1 Å². The minimum atomic E-state index is -0.305. The molecule has 2 atom stereocenters. The molecular weight excluding hydrogens is 419 g/mol. The van der Waals surface area contributed by atoms with Gasteiger partial charge in [0.25, 0.3) is 0 Å². The lowest BCUT2D eigenvalue weighted by Gasteiger charge is -2.33. The summed E-state index contributed by atoms with van der Waals surface area (Å²) in [5.74, 6) is -0.0745. The maximum atomic E-state index is 13.8. The Kier molecular flexibility index (Phi) is 5.20. The minimum Gasteiger partial charge on any atom is -0.508 e. The fraction of sp³-hybridized carbons (Fsp3) is 0.130. The Balaban J connectivity index is 1.78. The van der Waals surface area contributed by atoms with E-state index in [4.69, 9.17) is 0 Å². The second-order valence-electron chi connectivity index (χ2n) is 6.93. The van der Waals surface area contributed by atoms with Gasteiger partial charge in [-0.25, -0.2) is 4.39 Å². The molecule has 0 radical (unpaired) electrons. The van der Waals surface area contributed by atoms with Crippen LogP contribution in [0.2, 0.25) is 0 Å². The number of rotatable bonds is 3. The van der Waals surface area contributed by atoms with Gasteiger partial charge in [0, 0.05) is 15.7 Å². The Hall–Kier alpha value is -2.63. The molecule has 0 amide bonds. The molecule has 0 spiro atoms. The molecule has 0 saturated heterocycles. The van der Waals surface area contributed by atoms with Crippen molar-refractivity contribution in [1.82, 2.24) is 10.6 Å². The molecule has 142 valence electrons. The van der Waals surface area contributed by atoms with Crippen molar-refractivity contribution in [3.8, 4) is 5.75 Å². The highest BCUT2D eigenvalue weighted by molar-refractivity contribution is 9.10. The molecule has 3 N–H and O–H groups in total. The highest BCUT2D eigenvalue weighted by Gasteiger charge is 2.26. The fourth-order valence-corrected chi connectivity index (χ4v) is 3.75. The maximum absolute atomic E-state index is 13.8. The molecule has 28 heavy (non-hydrogen) atoms. The molecule has 0 aliphatic carbocycles. The second kappa shape index (κ2) is 7.78. The van der Waals surface area contributed by atoms with Crippen LogP contribution in [0, 0.1) is 12.7 Å². The smallest absolute Gasteiger partial charge is 0.123 e. The van der Waals surface area contributed by atoms with Gasteiger partial charge in [-0.1, -0.05) is 57.9 Å². The molecule has 0 saturated carbocycles. The monoisotopic (exact) mass is 438 g/mol. The lowest BCUT2D eigenvalue weighted by molar-refractivity contribution is 0.417. The number of phenols is 1. The number of hydrogen-bond donors (Lipinski definition) is 3. The zero-order chi connectivity index (χ0) is 19.7. The first-order valence-electron chi connectivity index (χ1n) is 9.05. The number of aromatic hydroxyl groups is 1. The number of benzene rings is 3. The second-order valence-corrected chi connectivity index (χ2v) is 7.84.